The van der Waals surface area contributed by atoms with E-state index in [9.17, 15) is 13.9 Å². The number of hydrogen-bond donors (Lipinski definition) is 1. The van der Waals surface area contributed by atoms with Crippen LogP contribution in [0.2, 0.25) is 0 Å². The van der Waals surface area contributed by atoms with Crippen LogP contribution < -0.4 is 0 Å². The molecule has 0 bridgehead atoms. The van der Waals surface area contributed by atoms with Crippen molar-refractivity contribution in [1.29, 1.82) is 0 Å². The first kappa shape index (κ1) is 13.4. The molecular weight excluding hydrogens is 238 g/mol. The van der Waals surface area contributed by atoms with Gasteiger partial charge in [-0.15, -0.1) is 0 Å². The normalized spacial score (nSPS) is 26.0. The lowest BCUT2D eigenvalue weighted by Crippen LogP contribution is -2.35. The van der Waals surface area contributed by atoms with E-state index in [4.69, 9.17) is 4.74 Å². The Bertz CT molecular complexity index is 409. The van der Waals surface area contributed by atoms with Gasteiger partial charge in [0.1, 0.15) is 11.6 Å². The number of ether oxygens (including phenoxy) is 1. The van der Waals surface area contributed by atoms with Crippen LogP contribution in [-0.2, 0) is 11.2 Å². The molecule has 0 aliphatic carbocycles. The largest absolute Gasteiger partial charge is 0.392 e. The molecule has 2 rings (SSSR count). The molecule has 2 nitrogen and oxygen atoms in total. The van der Waals surface area contributed by atoms with Crippen molar-refractivity contribution < 1.29 is 18.6 Å². The molecule has 1 N–H and O–H groups in total. The maximum absolute atomic E-state index is 13.5. The van der Waals surface area contributed by atoms with E-state index in [1.54, 1.807) is 0 Å². The Morgan fingerprint density at radius 1 is 1.44 bits per heavy atom. The lowest BCUT2D eigenvalue weighted by molar-refractivity contribution is -0.0296. The minimum absolute atomic E-state index is 0.0846. The standard InChI is InChI=1S/C14H18F2O2/c1-9-8-18-5-4-12(9)14(17)7-10-6-11(15)2-3-13(10)16/h2-3,6,9,12,14,17H,4-5,7-8H2,1H3. The third-order valence-corrected chi connectivity index (χ3v) is 3.64. The third-order valence-electron chi connectivity index (χ3n) is 3.64. The zero-order chi connectivity index (χ0) is 13.1. The van der Waals surface area contributed by atoms with Gasteiger partial charge in [-0.2, -0.15) is 0 Å². The Labute approximate surface area is 106 Å². The number of halogens is 2. The van der Waals surface area contributed by atoms with Crippen molar-refractivity contribution in [2.45, 2.75) is 25.9 Å². The first-order chi connectivity index (χ1) is 8.58. The molecule has 1 aromatic carbocycles. The maximum atomic E-state index is 13.5. The number of aliphatic hydroxyl groups is 1. The average molecular weight is 256 g/mol. The molecule has 4 heteroatoms. The highest BCUT2D eigenvalue weighted by Crippen LogP contribution is 2.27. The number of hydrogen-bond acceptors (Lipinski definition) is 2. The summed E-state index contributed by atoms with van der Waals surface area (Å²) in [5.74, 6) is -0.611. The summed E-state index contributed by atoms with van der Waals surface area (Å²) in [6.45, 7) is 3.25. The van der Waals surface area contributed by atoms with Gasteiger partial charge < -0.3 is 9.84 Å². The predicted molar refractivity (Wildman–Crippen MR) is 64.2 cm³/mol. The van der Waals surface area contributed by atoms with Crippen LogP contribution in [0.15, 0.2) is 18.2 Å². The Morgan fingerprint density at radius 2 is 2.22 bits per heavy atom. The van der Waals surface area contributed by atoms with Crippen LogP contribution in [0.25, 0.3) is 0 Å². The molecule has 1 heterocycles. The maximum Gasteiger partial charge on any atom is 0.126 e. The smallest absolute Gasteiger partial charge is 0.126 e. The summed E-state index contributed by atoms with van der Waals surface area (Å²) in [5, 5.41) is 10.2. The Kier molecular flexibility index (Phi) is 4.30. The lowest BCUT2D eigenvalue weighted by atomic mass is 9.83. The minimum Gasteiger partial charge on any atom is -0.392 e. The van der Waals surface area contributed by atoms with Crippen molar-refractivity contribution in [1.82, 2.24) is 0 Å². The zero-order valence-electron chi connectivity index (χ0n) is 10.4. The fraction of sp³-hybridized carbons (Fsp3) is 0.571. The van der Waals surface area contributed by atoms with Crippen molar-refractivity contribution in [3.05, 3.63) is 35.4 Å². The second-order valence-corrected chi connectivity index (χ2v) is 5.01. The van der Waals surface area contributed by atoms with Gasteiger partial charge in [0, 0.05) is 19.6 Å². The van der Waals surface area contributed by atoms with Crippen molar-refractivity contribution in [3.63, 3.8) is 0 Å². The van der Waals surface area contributed by atoms with Gasteiger partial charge in [-0.25, -0.2) is 8.78 Å². The molecule has 0 spiro atoms. The molecule has 1 aromatic rings. The average Bonchev–Trinajstić information content (AvgIpc) is 2.34. The Morgan fingerprint density at radius 3 is 2.94 bits per heavy atom. The highest BCUT2D eigenvalue weighted by Gasteiger charge is 2.29. The van der Waals surface area contributed by atoms with E-state index in [1.165, 1.54) is 0 Å². The van der Waals surface area contributed by atoms with Gasteiger partial charge in [0.2, 0.25) is 0 Å². The number of rotatable bonds is 3. The number of benzene rings is 1. The first-order valence-electron chi connectivity index (χ1n) is 6.27. The molecule has 0 saturated carbocycles. The zero-order valence-corrected chi connectivity index (χ0v) is 10.4. The monoisotopic (exact) mass is 256 g/mol. The van der Waals surface area contributed by atoms with E-state index < -0.39 is 17.7 Å². The molecule has 0 radical (unpaired) electrons. The summed E-state index contributed by atoms with van der Waals surface area (Å²) in [6.07, 6.45) is 0.262. The van der Waals surface area contributed by atoms with Gasteiger partial charge >= 0.3 is 0 Å². The van der Waals surface area contributed by atoms with Crippen LogP contribution in [0.3, 0.4) is 0 Å². The molecule has 1 fully saturated rings. The van der Waals surface area contributed by atoms with E-state index in [-0.39, 0.29) is 23.8 Å². The van der Waals surface area contributed by atoms with E-state index in [0.717, 1.165) is 24.6 Å². The van der Waals surface area contributed by atoms with Gasteiger partial charge in [0.05, 0.1) is 6.10 Å². The van der Waals surface area contributed by atoms with Crippen LogP contribution in [0.1, 0.15) is 18.9 Å². The number of aliphatic hydroxyl groups excluding tert-OH is 1. The second-order valence-electron chi connectivity index (χ2n) is 5.01. The van der Waals surface area contributed by atoms with Crippen molar-refractivity contribution in [2.24, 2.45) is 11.8 Å². The van der Waals surface area contributed by atoms with Gasteiger partial charge in [0.25, 0.3) is 0 Å². The summed E-state index contributed by atoms with van der Waals surface area (Å²) in [5.41, 5.74) is 0.237. The van der Waals surface area contributed by atoms with Crippen molar-refractivity contribution in [2.75, 3.05) is 13.2 Å². The van der Waals surface area contributed by atoms with Crippen LogP contribution in [-0.4, -0.2) is 24.4 Å². The summed E-state index contributed by atoms with van der Waals surface area (Å²) < 4.78 is 31.9. The van der Waals surface area contributed by atoms with Crippen LogP contribution >= 0.6 is 0 Å². The van der Waals surface area contributed by atoms with Crippen molar-refractivity contribution in [3.8, 4) is 0 Å². The molecule has 100 valence electrons. The predicted octanol–water partition coefficient (Wildman–Crippen LogP) is 2.54. The van der Waals surface area contributed by atoms with Gasteiger partial charge in [-0.05, 0) is 42.0 Å². The van der Waals surface area contributed by atoms with Crippen molar-refractivity contribution >= 4 is 0 Å². The van der Waals surface area contributed by atoms with E-state index in [2.05, 4.69) is 0 Å². The van der Waals surface area contributed by atoms with Gasteiger partial charge in [-0.1, -0.05) is 6.92 Å². The third kappa shape index (κ3) is 3.06. The highest BCUT2D eigenvalue weighted by molar-refractivity contribution is 5.19. The summed E-state index contributed by atoms with van der Waals surface area (Å²) >= 11 is 0. The minimum atomic E-state index is -0.653. The summed E-state index contributed by atoms with van der Waals surface area (Å²) in [4.78, 5) is 0. The fourth-order valence-electron chi connectivity index (χ4n) is 2.54. The first-order valence-corrected chi connectivity index (χ1v) is 6.27. The quantitative estimate of drug-likeness (QED) is 0.900. The van der Waals surface area contributed by atoms with Crippen LogP contribution in [0.5, 0.6) is 0 Å². The SMILES string of the molecule is CC1COCCC1C(O)Cc1cc(F)ccc1F. The van der Waals surface area contributed by atoms with Gasteiger partial charge in [-0.3, -0.25) is 0 Å². The topological polar surface area (TPSA) is 29.5 Å². The highest BCUT2D eigenvalue weighted by atomic mass is 19.1. The Balaban J connectivity index is 2.05. The second kappa shape index (κ2) is 5.76. The van der Waals surface area contributed by atoms with E-state index in [1.807, 2.05) is 6.92 Å². The molecule has 1 aliphatic rings. The van der Waals surface area contributed by atoms with Gasteiger partial charge in [0.15, 0.2) is 0 Å². The molecular formula is C14H18F2O2. The molecule has 0 amide bonds. The molecule has 3 unspecified atom stereocenters. The Hall–Kier alpha value is -1.00. The van der Waals surface area contributed by atoms with Crippen LogP contribution in [0.4, 0.5) is 8.78 Å². The summed E-state index contributed by atoms with van der Waals surface area (Å²) in [6, 6.07) is 3.34. The van der Waals surface area contributed by atoms with E-state index >= 15 is 0 Å². The van der Waals surface area contributed by atoms with Crippen LogP contribution in [0, 0.1) is 23.5 Å². The lowest BCUT2D eigenvalue weighted by Gasteiger charge is -2.32. The molecule has 1 aliphatic heterocycles. The fourth-order valence-corrected chi connectivity index (χ4v) is 2.54. The molecule has 0 aromatic heterocycles. The van der Waals surface area contributed by atoms with E-state index in [0.29, 0.717) is 13.2 Å². The summed E-state index contributed by atoms with van der Waals surface area (Å²) in [7, 11) is 0. The molecule has 18 heavy (non-hydrogen) atoms. The molecule has 3 atom stereocenters. The molecule has 1 saturated heterocycles.